The quantitative estimate of drug-likeness (QED) is 0.669. The molecule has 1 aromatic carbocycles. The number of benzene rings is 1. The molecular formula is C26H26N2O7. The normalized spacial score (nSPS) is 21.4. The van der Waals surface area contributed by atoms with Crippen LogP contribution in [0.25, 0.3) is 5.57 Å². The Balaban J connectivity index is 2.01. The molecule has 1 unspecified atom stereocenters. The molecule has 0 saturated heterocycles. The fourth-order valence-corrected chi connectivity index (χ4v) is 5.58. The molecule has 2 aromatic rings. The van der Waals surface area contributed by atoms with Gasteiger partial charge in [-0.05, 0) is 52.3 Å². The maximum Gasteiger partial charge on any atom is 0.344 e. The van der Waals surface area contributed by atoms with E-state index < -0.39 is 28.5 Å². The molecule has 0 radical (unpaired) electrons. The highest BCUT2D eigenvalue weighted by Gasteiger charge is 2.65. The highest BCUT2D eigenvalue weighted by Crippen LogP contribution is 2.60. The van der Waals surface area contributed by atoms with Crippen molar-refractivity contribution < 1.29 is 28.2 Å². The Morgan fingerprint density at radius 3 is 2.54 bits per heavy atom. The van der Waals surface area contributed by atoms with Crippen LogP contribution in [0.2, 0.25) is 0 Å². The van der Waals surface area contributed by atoms with E-state index in [0.717, 1.165) is 11.1 Å². The number of hydrogen-bond donors (Lipinski definition) is 1. The summed E-state index contributed by atoms with van der Waals surface area (Å²) < 4.78 is 22.1. The Hall–Kier alpha value is -4.01. The summed E-state index contributed by atoms with van der Waals surface area (Å²) in [5.74, 6) is -0.922. The zero-order chi connectivity index (χ0) is 25.4. The Morgan fingerprint density at radius 2 is 1.89 bits per heavy atom. The van der Waals surface area contributed by atoms with Crippen molar-refractivity contribution in [2.45, 2.75) is 45.6 Å². The molecule has 1 spiro atoms. The van der Waals surface area contributed by atoms with Crippen molar-refractivity contribution in [1.82, 2.24) is 0 Å². The van der Waals surface area contributed by atoms with Crippen molar-refractivity contribution >= 4 is 23.1 Å². The summed E-state index contributed by atoms with van der Waals surface area (Å²) in [4.78, 5) is 43.1. The number of allylic oxidation sites excluding steroid dienone is 1. The van der Waals surface area contributed by atoms with E-state index in [2.05, 4.69) is 0 Å². The van der Waals surface area contributed by atoms with E-state index in [-0.39, 0.29) is 35.1 Å². The molecule has 9 nitrogen and oxygen atoms in total. The first kappa shape index (κ1) is 22.8. The number of nitrogens with zero attached hydrogens (tertiary/aromatic N) is 1. The van der Waals surface area contributed by atoms with Gasteiger partial charge < -0.3 is 29.3 Å². The zero-order valence-electron chi connectivity index (χ0n) is 20.4. The Labute approximate surface area is 201 Å². The Morgan fingerprint density at radius 1 is 1.17 bits per heavy atom. The van der Waals surface area contributed by atoms with Crippen LogP contribution in [0.3, 0.4) is 0 Å². The second kappa shape index (κ2) is 7.24. The fraction of sp³-hybridized carbons (Fsp3) is 0.346. The van der Waals surface area contributed by atoms with Crippen LogP contribution in [0.1, 0.15) is 50.1 Å². The number of nitrogens with two attached hydrogens (primary N) is 1. The van der Waals surface area contributed by atoms with Crippen molar-refractivity contribution in [2.24, 2.45) is 5.73 Å². The third-order valence-corrected chi connectivity index (χ3v) is 6.78. The van der Waals surface area contributed by atoms with Crippen LogP contribution in [-0.4, -0.2) is 31.1 Å². The van der Waals surface area contributed by atoms with Crippen molar-refractivity contribution in [3.05, 3.63) is 68.6 Å². The molecule has 0 bridgehead atoms. The smallest absolute Gasteiger partial charge is 0.344 e. The standard InChI is InChI=1S/C26H26N2O7/c1-7-33-22(29)19-21(27)35-17-8-13(3)34-23(30)18(17)26(19)16-10-14(32-6)9-15-12(2)11-25(4,5)28(20(15)16)24(26)31/h8-11H,7,27H2,1-6H3. The van der Waals surface area contributed by atoms with Crippen LogP contribution in [0.15, 0.2) is 44.9 Å². The number of carbonyl (C=O) groups is 2. The van der Waals surface area contributed by atoms with E-state index in [9.17, 15) is 14.4 Å². The highest BCUT2D eigenvalue weighted by molar-refractivity contribution is 6.21. The van der Waals surface area contributed by atoms with Gasteiger partial charge in [0.25, 0.3) is 0 Å². The first-order valence-electron chi connectivity index (χ1n) is 11.3. The fourth-order valence-electron chi connectivity index (χ4n) is 5.58. The summed E-state index contributed by atoms with van der Waals surface area (Å²) >= 11 is 0. The van der Waals surface area contributed by atoms with E-state index >= 15 is 0 Å². The molecule has 1 amide bonds. The van der Waals surface area contributed by atoms with Gasteiger partial charge in [-0.3, -0.25) is 4.79 Å². The van der Waals surface area contributed by atoms with Crippen LogP contribution in [0.5, 0.6) is 11.5 Å². The number of anilines is 1. The maximum atomic E-state index is 14.7. The SMILES string of the molecule is CCOC(=O)C1=C(N)Oc2cc(C)oc(=O)c2C12C(=O)N1c3c(cc(OC)cc32)C(C)=CC1(C)C. The molecule has 35 heavy (non-hydrogen) atoms. The third-order valence-electron chi connectivity index (χ3n) is 6.78. The van der Waals surface area contributed by atoms with Gasteiger partial charge in [0.05, 0.1) is 24.9 Å². The molecule has 1 atom stereocenters. The lowest BCUT2D eigenvalue weighted by Crippen LogP contribution is -2.55. The van der Waals surface area contributed by atoms with Crippen LogP contribution in [0, 0.1) is 6.92 Å². The summed E-state index contributed by atoms with van der Waals surface area (Å²) in [6.45, 7) is 8.97. The van der Waals surface area contributed by atoms with E-state index in [4.69, 9.17) is 24.4 Å². The van der Waals surface area contributed by atoms with E-state index in [1.54, 1.807) is 24.8 Å². The minimum absolute atomic E-state index is 0.0291. The Kier molecular flexibility index (Phi) is 4.71. The molecule has 1 aromatic heterocycles. The van der Waals surface area contributed by atoms with Crippen molar-refractivity contribution in [2.75, 3.05) is 18.6 Å². The summed E-state index contributed by atoms with van der Waals surface area (Å²) in [5.41, 5.74) is 5.02. The maximum absolute atomic E-state index is 14.7. The average molecular weight is 479 g/mol. The summed E-state index contributed by atoms with van der Waals surface area (Å²) in [5, 5.41) is 0. The van der Waals surface area contributed by atoms with Crippen LogP contribution >= 0.6 is 0 Å². The topological polar surface area (TPSA) is 121 Å². The van der Waals surface area contributed by atoms with Gasteiger partial charge in [-0.15, -0.1) is 0 Å². The second-order valence-corrected chi connectivity index (χ2v) is 9.39. The van der Waals surface area contributed by atoms with Crippen LogP contribution < -0.4 is 25.7 Å². The molecule has 0 saturated carbocycles. The lowest BCUT2D eigenvalue weighted by atomic mass is 9.68. The van der Waals surface area contributed by atoms with E-state index in [1.165, 1.54) is 13.2 Å². The summed E-state index contributed by atoms with van der Waals surface area (Å²) in [6, 6.07) is 4.97. The number of rotatable bonds is 3. The molecule has 0 aliphatic carbocycles. The predicted molar refractivity (Wildman–Crippen MR) is 127 cm³/mol. The first-order chi connectivity index (χ1) is 16.5. The van der Waals surface area contributed by atoms with Gasteiger partial charge in [0.15, 0.2) is 0 Å². The number of fused-ring (bicyclic) bond motifs is 3. The van der Waals surface area contributed by atoms with Gasteiger partial charge in [0.1, 0.15) is 33.8 Å². The Bertz CT molecular complexity index is 1450. The number of carbonyl (C=O) groups excluding carboxylic acids is 2. The monoisotopic (exact) mass is 478 g/mol. The first-order valence-corrected chi connectivity index (χ1v) is 11.3. The van der Waals surface area contributed by atoms with E-state index in [0.29, 0.717) is 17.0 Å². The van der Waals surface area contributed by atoms with Crippen molar-refractivity contribution in [1.29, 1.82) is 0 Å². The lowest BCUT2D eigenvalue weighted by molar-refractivity contribution is -0.141. The summed E-state index contributed by atoms with van der Waals surface area (Å²) in [6.07, 6.45) is 1.96. The molecule has 0 fully saturated rings. The third kappa shape index (κ3) is 2.78. The molecule has 2 N–H and O–H groups in total. The van der Waals surface area contributed by atoms with E-state index in [1.807, 2.05) is 32.9 Å². The molecule has 9 heteroatoms. The minimum Gasteiger partial charge on any atom is -0.497 e. The van der Waals surface area contributed by atoms with Crippen LogP contribution in [0.4, 0.5) is 5.69 Å². The van der Waals surface area contributed by atoms with Gasteiger partial charge in [-0.1, -0.05) is 6.08 Å². The number of hydrogen-bond acceptors (Lipinski definition) is 8. The highest BCUT2D eigenvalue weighted by atomic mass is 16.5. The van der Waals surface area contributed by atoms with Crippen molar-refractivity contribution in [3.8, 4) is 11.5 Å². The molecule has 3 aliphatic rings. The molecule has 5 rings (SSSR count). The van der Waals surface area contributed by atoms with Gasteiger partial charge >= 0.3 is 11.6 Å². The molecule has 3 aliphatic heterocycles. The van der Waals surface area contributed by atoms with Gasteiger partial charge in [-0.2, -0.15) is 0 Å². The minimum atomic E-state index is -1.95. The molecule has 182 valence electrons. The van der Waals surface area contributed by atoms with Gasteiger partial charge in [0, 0.05) is 17.2 Å². The average Bonchev–Trinajstić information content (AvgIpc) is 3.01. The molecule has 4 heterocycles. The zero-order valence-corrected chi connectivity index (χ0v) is 20.4. The van der Waals surface area contributed by atoms with Crippen molar-refractivity contribution in [3.63, 3.8) is 0 Å². The summed E-state index contributed by atoms with van der Waals surface area (Å²) in [7, 11) is 1.51. The van der Waals surface area contributed by atoms with Gasteiger partial charge in [0.2, 0.25) is 11.8 Å². The predicted octanol–water partition coefficient (Wildman–Crippen LogP) is 2.91. The van der Waals surface area contributed by atoms with Crippen LogP contribution in [-0.2, 0) is 19.7 Å². The number of aryl methyl sites for hydroxylation is 1. The number of amides is 1. The largest absolute Gasteiger partial charge is 0.497 e. The number of esters is 1. The molecular weight excluding hydrogens is 452 g/mol. The van der Waals surface area contributed by atoms with Gasteiger partial charge in [-0.25, -0.2) is 9.59 Å². The lowest BCUT2D eigenvalue weighted by Gasteiger charge is -2.40. The second-order valence-electron chi connectivity index (χ2n) is 9.39. The number of methoxy groups -OCH3 is 1. The number of ether oxygens (including phenoxy) is 3.